The Balaban J connectivity index is 2.13. The molecule has 0 saturated heterocycles. The average molecular weight is 214 g/mol. The Bertz CT molecular complexity index is 135. The summed E-state index contributed by atoms with van der Waals surface area (Å²) in [7, 11) is 3.56. The molecule has 1 rings (SSSR count). The molecule has 0 aromatic rings. The van der Waals surface area contributed by atoms with Gasteiger partial charge in [0.2, 0.25) is 0 Å². The van der Waals surface area contributed by atoms with Crippen molar-refractivity contribution in [1.82, 2.24) is 0 Å². The molecular formula is C13H26O2. The van der Waals surface area contributed by atoms with Crippen LogP contribution in [0, 0.1) is 11.8 Å². The summed E-state index contributed by atoms with van der Waals surface area (Å²) in [6, 6.07) is 0. The molecule has 0 N–H and O–H groups in total. The fourth-order valence-corrected chi connectivity index (χ4v) is 2.63. The molecule has 2 heteroatoms. The lowest BCUT2D eigenvalue weighted by molar-refractivity contribution is 0.0758. The number of rotatable bonds is 7. The van der Waals surface area contributed by atoms with Gasteiger partial charge in [-0.3, -0.25) is 0 Å². The molecule has 0 spiro atoms. The largest absolute Gasteiger partial charge is 0.384 e. The van der Waals surface area contributed by atoms with Crippen LogP contribution >= 0.6 is 0 Å². The van der Waals surface area contributed by atoms with Gasteiger partial charge in [-0.15, -0.1) is 0 Å². The molecule has 0 unspecified atom stereocenters. The van der Waals surface area contributed by atoms with Crippen LogP contribution in [0.3, 0.4) is 0 Å². The summed E-state index contributed by atoms with van der Waals surface area (Å²) in [6.07, 6.45) is 9.90. The van der Waals surface area contributed by atoms with Crippen molar-refractivity contribution in [2.75, 3.05) is 27.4 Å². The highest BCUT2D eigenvalue weighted by molar-refractivity contribution is 4.68. The minimum atomic E-state index is 0.599. The van der Waals surface area contributed by atoms with Crippen LogP contribution < -0.4 is 0 Å². The maximum atomic E-state index is 5.22. The molecule has 1 fully saturated rings. The van der Waals surface area contributed by atoms with Gasteiger partial charge in [0.05, 0.1) is 13.2 Å². The van der Waals surface area contributed by atoms with E-state index in [-0.39, 0.29) is 0 Å². The van der Waals surface area contributed by atoms with Crippen molar-refractivity contribution in [3.05, 3.63) is 0 Å². The predicted octanol–water partition coefficient (Wildman–Crippen LogP) is 3.26. The highest BCUT2D eigenvalue weighted by Gasteiger charge is 2.16. The highest BCUT2D eigenvalue weighted by Crippen LogP contribution is 2.28. The zero-order valence-corrected chi connectivity index (χ0v) is 10.3. The lowest BCUT2D eigenvalue weighted by Gasteiger charge is -2.23. The predicted molar refractivity (Wildman–Crippen MR) is 63.1 cm³/mol. The third-order valence-corrected chi connectivity index (χ3v) is 3.51. The Morgan fingerprint density at radius 2 is 1.60 bits per heavy atom. The van der Waals surface area contributed by atoms with E-state index in [9.17, 15) is 0 Å². The SMILES string of the molecule is COCC(CCC1CCCCC1)COC. The van der Waals surface area contributed by atoms with E-state index in [2.05, 4.69) is 0 Å². The van der Waals surface area contributed by atoms with Crippen LogP contribution in [0.15, 0.2) is 0 Å². The van der Waals surface area contributed by atoms with Gasteiger partial charge in [0, 0.05) is 20.1 Å². The quantitative estimate of drug-likeness (QED) is 0.647. The second-order valence-corrected chi connectivity index (χ2v) is 4.86. The third kappa shape index (κ3) is 5.53. The molecule has 0 amide bonds. The molecule has 0 aromatic carbocycles. The Kier molecular flexibility index (Phi) is 7.03. The summed E-state index contributed by atoms with van der Waals surface area (Å²) in [6.45, 7) is 1.70. The van der Waals surface area contributed by atoms with Gasteiger partial charge in [0.1, 0.15) is 0 Å². The van der Waals surface area contributed by atoms with E-state index < -0.39 is 0 Å². The first-order chi connectivity index (χ1) is 7.36. The number of hydrogen-bond donors (Lipinski definition) is 0. The summed E-state index contributed by atoms with van der Waals surface area (Å²) in [5.41, 5.74) is 0. The lowest BCUT2D eigenvalue weighted by atomic mass is 9.84. The van der Waals surface area contributed by atoms with Crippen molar-refractivity contribution in [2.24, 2.45) is 11.8 Å². The van der Waals surface area contributed by atoms with Crippen molar-refractivity contribution in [1.29, 1.82) is 0 Å². The first kappa shape index (κ1) is 13.0. The van der Waals surface area contributed by atoms with E-state index in [1.54, 1.807) is 14.2 Å². The monoisotopic (exact) mass is 214 g/mol. The molecular weight excluding hydrogens is 188 g/mol. The van der Waals surface area contributed by atoms with Crippen molar-refractivity contribution < 1.29 is 9.47 Å². The maximum absolute atomic E-state index is 5.22. The molecule has 0 atom stereocenters. The zero-order valence-electron chi connectivity index (χ0n) is 10.3. The highest BCUT2D eigenvalue weighted by atomic mass is 16.5. The van der Waals surface area contributed by atoms with E-state index in [4.69, 9.17) is 9.47 Å². The van der Waals surface area contributed by atoms with Gasteiger partial charge in [-0.2, -0.15) is 0 Å². The lowest BCUT2D eigenvalue weighted by Crippen LogP contribution is -2.17. The van der Waals surface area contributed by atoms with E-state index in [1.165, 1.54) is 44.9 Å². The van der Waals surface area contributed by atoms with Crippen LogP contribution in [0.5, 0.6) is 0 Å². The van der Waals surface area contributed by atoms with Gasteiger partial charge in [0.25, 0.3) is 0 Å². The molecule has 0 bridgehead atoms. The minimum absolute atomic E-state index is 0.599. The second kappa shape index (κ2) is 8.12. The smallest absolute Gasteiger partial charge is 0.0512 e. The topological polar surface area (TPSA) is 18.5 Å². The molecule has 1 saturated carbocycles. The van der Waals surface area contributed by atoms with Gasteiger partial charge in [-0.25, -0.2) is 0 Å². The van der Waals surface area contributed by atoms with Gasteiger partial charge < -0.3 is 9.47 Å². The van der Waals surface area contributed by atoms with E-state index in [0.717, 1.165) is 19.1 Å². The van der Waals surface area contributed by atoms with Crippen molar-refractivity contribution in [3.8, 4) is 0 Å². The molecule has 1 aliphatic carbocycles. The average Bonchev–Trinajstić information content (AvgIpc) is 2.28. The van der Waals surface area contributed by atoms with E-state index in [0.29, 0.717) is 5.92 Å². The van der Waals surface area contributed by atoms with Crippen molar-refractivity contribution in [2.45, 2.75) is 44.9 Å². The minimum Gasteiger partial charge on any atom is -0.384 e. The summed E-state index contributed by atoms with van der Waals surface area (Å²) < 4.78 is 10.4. The number of ether oxygens (including phenoxy) is 2. The molecule has 0 aliphatic heterocycles. The molecule has 90 valence electrons. The van der Waals surface area contributed by atoms with Crippen LogP contribution in [-0.4, -0.2) is 27.4 Å². The first-order valence-electron chi connectivity index (χ1n) is 6.34. The molecule has 0 radical (unpaired) electrons. The molecule has 1 aliphatic rings. The maximum Gasteiger partial charge on any atom is 0.0512 e. The summed E-state index contributed by atoms with van der Waals surface area (Å²) in [5, 5.41) is 0. The van der Waals surface area contributed by atoms with E-state index >= 15 is 0 Å². The fraction of sp³-hybridized carbons (Fsp3) is 1.00. The Morgan fingerprint density at radius 1 is 1.00 bits per heavy atom. The standard InChI is InChI=1S/C13H26O2/c1-14-10-13(11-15-2)9-8-12-6-4-3-5-7-12/h12-13H,3-11H2,1-2H3. The Labute approximate surface area is 94.3 Å². The Hall–Kier alpha value is -0.0800. The third-order valence-electron chi connectivity index (χ3n) is 3.51. The van der Waals surface area contributed by atoms with Crippen LogP contribution in [0.25, 0.3) is 0 Å². The molecule has 15 heavy (non-hydrogen) atoms. The Morgan fingerprint density at radius 3 is 2.13 bits per heavy atom. The van der Waals surface area contributed by atoms with Crippen LogP contribution in [-0.2, 0) is 9.47 Å². The summed E-state index contributed by atoms with van der Waals surface area (Å²) >= 11 is 0. The molecule has 0 heterocycles. The first-order valence-corrected chi connectivity index (χ1v) is 6.34. The van der Waals surface area contributed by atoms with Crippen molar-refractivity contribution in [3.63, 3.8) is 0 Å². The molecule has 2 nitrogen and oxygen atoms in total. The normalized spacial score (nSPS) is 18.6. The summed E-state index contributed by atoms with van der Waals surface area (Å²) in [4.78, 5) is 0. The summed E-state index contributed by atoms with van der Waals surface area (Å²) in [5.74, 6) is 1.58. The van der Waals surface area contributed by atoms with E-state index in [1.807, 2.05) is 0 Å². The van der Waals surface area contributed by atoms with Gasteiger partial charge in [-0.05, 0) is 12.3 Å². The van der Waals surface area contributed by atoms with Gasteiger partial charge >= 0.3 is 0 Å². The van der Waals surface area contributed by atoms with Crippen molar-refractivity contribution >= 4 is 0 Å². The van der Waals surface area contributed by atoms with Crippen LogP contribution in [0.2, 0.25) is 0 Å². The van der Waals surface area contributed by atoms with Gasteiger partial charge in [0.15, 0.2) is 0 Å². The number of hydrogen-bond acceptors (Lipinski definition) is 2. The second-order valence-electron chi connectivity index (χ2n) is 4.86. The molecule has 0 aromatic heterocycles. The van der Waals surface area contributed by atoms with Crippen LogP contribution in [0.1, 0.15) is 44.9 Å². The fourth-order valence-electron chi connectivity index (χ4n) is 2.63. The zero-order chi connectivity index (χ0) is 10.9. The number of methoxy groups -OCH3 is 2. The van der Waals surface area contributed by atoms with Crippen LogP contribution in [0.4, 0.5) is 0 Å². The van der Waals surface area contributed by atoms with Gasteiger partial charge in [-0.1, -0.05) is 38.5 Å².